The molecule has 2 aromatic carbocycles. The van der Waals surface area contributed by atoms with E-state index in [1.165, 1.54) is 25.6 Å². The summed E-state index contributed by atoms with van der Waals surface area (Å²) in [6.45, 7) is 3.82. The van der Waals surface area contributed by atoms with Crippen LogP contribution in [0.3, 0.4) is 0 Å². The highest BCUT2D eigenvalue weighted by Crippen LogP contribution is 2.31. The van der Waals surface area contributed by atoms with E-state index in [9.17, 15) is 4.79 Å². The zero-order valence-corrected chi connectivity index (χ0v) is 19.4. The Morgan fingerprint density at radius 2 is 1.81 bits per heavy atom. The predicted molar refractivity (Wildman–Crippen MR) is 127 cm³/mol. The Bertz CT molecular complexity index is 1310. The van der Waals surface area contributed by atoms with Crippen LogP contribution in [0.15, 0.2) is 36.4 Å². The average molecular weight is 469 g/mol. The Morgan fingerprint density at radius 3 is 2.47 bits per heavy atom. The van der Waals surface area contributed by atoms with Gasteiger partial charge in [-0.25, -0.2) is 0 Å². The zero-order valence-electron chi connectivity index (χ0n) is 17.8. The quantitative estimate of drug-likeness (QED) is 0.428. The summed E-state index contributed by atoms with van der Waals surface area (Å²) in [6, 6.07) is 10.7. The average Bonchev–Trinajstić information content (AvgIpc) is 3.36. The maximum Gasteiger partial charge on any atom is 0.257 e. The highest BCUT2D eigenvalue weighted by Gasteiger charge is 2.16. The lowest BCUT2D eigenvalue weighted by molar-refractivity contribution is 0.0977. The van der Waals surface area contributed by atoms with E-state index in [0.29, 0.717) is 17.1 Å². The number of nitrogens with one attached hydrogen (secondary N) is 2. The molecule has 2 aromatic heterocycles. The molecule has 0 radical (unpaired) electrons. The van der Waals surface area contributed by atoms with Gasteiger partial charge < -0.3 is 14.8 Å². The lowest BCUT2D eigenvalue weighted by Gasteiger charge is -2.14. The predicted octanol–water partition coefficient (Wildman–Crippen LogP) is 3.61. The van der Waals surface area contributed by atoms with E-state index in [2.05, 4.69) is 25.9 Å². The highest BCUT2D eigenvalue weighted by molar-refractivity contribution is 7.80. The number of ether oxygens (including phenoxy) is 2. The molecule has 0 atom stereocenters. The number of aryl methyl sites for hydroxylation is 1. The molecule has 0 bridgehead atoms. The molecular weight excluding hydrogens is 448 g/mol. The van der Waals surface area contributed by atoms with Crippen LogP contribution in [-0.4, -0.2) is 45.1 Å². The van der Waals surface area contributed by atoms with E-state index < -0.39 is 0 Å². The fraction of sp³-hybridized carbons (Fsp3) is 0.190. The van der Waals surface area contributed by atoms with Gasteiger partial charge in [-0.15, -0.1) is 10.2 Å². The summed E-state index contributed by atoms with van der Waals surface area (Å²) in [7, 11) is 3.05. The number of aromatic nitrogens is 4. The number of hydrogen-bond donors (Lipinski definition) is 2. The molecule has 0 aliphatic carbocycles. The molecule has 11 heteroatoms. The van der Waals surface area contributed by atoms with Gasteiger partial charge in [0.25, 0.3) is 5.91 Å². The number of anilines is 1. The Labute approximate surface area is 193 Å². The monoisotopic (exact) mass is 468 g/mol. The molecule has 0 saturated heterocycles. The molecule has 9 nitrogen and oxygen atoms in total. The smallest absolute Gasteiger partial charge is 0.257 e. The Hall–Kier alpha value is -3.57. The third-order valence-electron chi connectivity index (χ3n) is 4.80. The molecule has 0 aliphatic heterocycles. The van der Waals surface area contributed by atoms with Gasteiger partial charge in [-0.05, 0) is 49.8 Å². The number of carbonyl (C=O) groups is 1. The summed E-state index contributed by atoms with van der Waals surface area (Å²) >= 11 is 6.82. The third kappa shape index (κ3) is 4.25. The largest absolute Gasteiger partial charge is 0.497 e. The first-order chi connectivity index (χ1) is 15.4. The van der Waals surface area contributed by atoms with E-state index in [1.54, 1.807) is 22.7 Å². The second kappa shape index (κ2) is 8.89. The summed E-state index contributed by atoms with van der Waals surface area (Å²) in [5.41, 5.74) is 3.01. The van der Waals surface area contributed by atoms with Crippen LogP contribution in [0.25, 0.3) is 15.5 Å². The van der Waals surface area contributed by atoms with Crippen LogP contribution in [0.2, 0.25) is 0 Å². The second-order valence-electron chi connectivity index (χ2n) is 6.84. The van der Waals surface area contributed by atoms with Crippen LogP contribution in [0, 0.1) is 13.8 Å². The fourth-order valence-corrected chi connectivity index (χ4v) is 4.26. The van der Waals surface area contributed by atoms with Crippen molar-refractivity contribution < 1.29 is 14.3 Å². The number of hydrogen-bond acceptors (Lipinski definition) is 8. The molecule has 2 N–H and O–H groups in total. The molecule has 0 unspecified atom stereocenters. The van der Waals surface area contributed by atoms with Crippen molar-refractivity contribution in [2.45, 2.75) is 13.8 Å². The van der Waals surface area contributed by atoms with Gasteiger partial charge in [-0.3, -0.25) is 10.1 Å². The Kier molecular flexibility index (Phi) is 6.01. The molecule has 0 fully saturated rings. The summed E-state index contributed by atoms with van der Waals surface area (Å²) in [4.78, 5) is 13.4. The molecule has 4 rings (SSSR count). The SMILES string of the molecule is COc1cc(OC)cc(C(=O)NC(=S)Nc2cccc(-c3nn4c(C)nnc4s3)c2C)c1. The minimum absolute atomic E-state index is 0.172. The van der Waals surface area contributed by atoms with E-state index in [4.69, 9.17) is 21.7 Å². The van der Waals surface area contributed by atoms with Crippen molar-refractivity contribution in [2.24, 2.45) is 0 Å². The molecule has 2 heterocycles. The van der Waals surface area contributed by atoms with Gasteiger partial charge in [0.2, 0.25) is 4.96 Å². The number of fused-ring (bicyclic) bond motifs is 1. The van der Waals surface area contributed by atoms with Crippen molar-refractivity contribution in [1.82, 2.24) is 25.1 Å². The van der Waals surface area contributed by atoms with Gasteiger partial charge in [-0.2, -0.15) is 9.61 Å². The van der Waals surface area contributed by atoms with Gasteiger partial charge >= 0.3 is 0 Å². The molecule has 0 spiro atoms. The van der Waals surface area contributed by atoms with Gasteiger partial charge in [0, 0.05) is 22.9 Å². The molecular formula is C21H20N6O3S2. The summed E-state index contributed by atoms with van der Waals surface area (Å²) in [5.74, 6) is 1.37. The first kappa shape index (κ1) is 21.7. The number of rotatable bonds is 5. The highest BCUT2D eigenvalue weighted by atomic mass is 32.1. The fourth-order valence-electron chi connectivity index (χ4n) is 3.09. The van der Waals surface area contributed by atoms with E-state index in [1.807, 2.05) is 32.0 Å². The van der Waals surface area contributed by atoms with E-state index in [-0.39, 0.29) is 11.0 Å². The molecule has 0 aliphatic rings. The van der Waals surface area contributed by atoms with Crippen LogP contribution in [0.4, 0.5) is 5.69 Å². The van der Waals surface area contributed by atoms with Gasteiger partial charge in [0.05, 0.1) is 14.2 Å². The molecule has 164 valence electrons. The van der Waals surface area contributed by atoms with Gasteiger partial charge in [0.15, 0.2) is 10.9 Å². The normalized spacial score (nSPS) is 10.8. The van der Waals surface area contributed by atoms with Gasteiger partial charge in [-0.1, -0.05) is 23.5 Å². The maximum absolute atomic E-state index is 12.7. The standard InChI is InChI=1S/C21H20N6O3S2/c1-11-16(19-26-27-12(2)24-25-21(27)32-19)6-5-7-17(11)22-20(31)23-18(28)13-8-14(29-3)10-15(9-13)30-4/h5-10H,1-4H3,(H2,22,23,28,31). The van der Waals surface area contributed by atoms with Crippen LogP contribution in [0.5, 0.6) is 11.5 Å². The molecule has 32 heavy (non-hydrogen) atoms. The Morgan fingerprint density at radius 1 is 1.09 bits per heavy atom. The lowest BCUT2D eigenvalue weighted by atomic mass is 10.1. The molecule has 4 aromatic rings. The van der Waals surface area contributed by atoms with Gasteiger partial charge in [0.1, 0.15) is 16.5 Å². The summed E-state index contributed by atoms with van der Waals surface area (Å²) in [6.07, 6.45) is 0. The van der Waals surface area contributed by atoms with E-state index in [0.717, 1.165) is 32.6 Å². The van der Waals surface area contributed by atoms with Crippen LogP contribution in [-0.2, 0) is 0 Å². The number of thiocarbonyl (C=S) groups is 1. The van der Waals surface area contributed by atoms with Crippen molar-refractivity contribution in [3.8, 4) is 22.1 Å². The van der Waals surface area contributed by atoms with Crippen molar-refractivity contribution >= 4 is 45.2 Å². The lowest BCUT2D eigenvalue weighted by Crippen LogP contribution is -2.34. The number of nitrogens with zero attached hydrogens (tertiary/aromatic N) is 4. The van der Waals surface area contributed by atoms with Crippen molar-refractivity contribution in [2.75, 3.05) is 19.5 Å². The third-order valence-corrected chi connectivity index (χ3v) is 5.94. The molecule has 0 saturated carbocycles. The number of methoxy groups -OCH3 is 2. The van der Waals surface area contributed by atoms with E-state index >= 15 is 0 Å². The maximum atomic E-state index is 12.7. The first-order valence-corrected chi connectivity index (χ1v) is 10.8. The van der Waals surface area contributed by atoms with Crippen molar-refractivity contribution in [3.63, 3.8) is 0 Å². The summed E-state index contributed by atoms with van der Waals surface area (Å²) in [5, 5.41) is 19.5. The Balaban J connectivity index is 1.52. The molecule has 1 amide bonds. The number of amides is 1. The zero-order chi connectivity index (χ0) is 22.8. The van der Waals surface area contributed by atoms with Crippen LogP contribution in [0.1, 0.15) is 21.7 Å². The number of benzene rings is 2. The first-order valence-electron chi connectivity index (χ1n) is 9.54. The van der Waals surface area contributed by atoms with Crippen molar-refractivity contribution in [1.29, 1.82) is 0 Å². The van der Waals surface area contributed by atoms with Crippen LogP contribution < -0.4 is 20.1 Å². The minimum Gasteiger partial charge on any atom is -0.497 e. The van der Waals surface area contributed by atoms with Crippen LogP contribution >= 0.6 is 23.6 Å². The number of carbonyl (C=O) groups excluding carboxylic acids is 1. The summed E-state index contributed by atoms with van der Waals surface area (Å²) < 4.78 is 12.2. The topological polar surface area (TPSA) is 103 Å². The van der Waals surface area contributed by atoms with Crippen molar-refractivity contribution in [3.05, 3.63) is 53.3 Å². The second-order valence-corrected chi connectivity index (χ2v) is 8.20. The minimum atomic E-state index is -0.377.